The number of ether oxygens (including phenoxy) is 2. The van der Waals surface area contributed by atoms with Crippen molar-refractivity contribution in [3.63, 3.8) is 0 Å². The van der Waals surface area contributed by atoms with Crippen LogP contribution >= 0.6 is 0 Å². The zero-order valence-electron chi connectivity index (χ0n) is 11.6. The van der Waals surface area contributed by atoms with Crippen LogP contribution < -0.4 is 4.74 Å². The van der Waals surface area contributed by atoms with Crippen molar-refractivity contribution in [3.05, 3.63) is 46.0 Å². The number of esters is 1. The molecule has 0 N–H and O–H groups in total. The Morgan fingerprint density at radius 2 is 2.20 bits per heavy atom. The number of hydrogen-bond acceptors (Lipinski definition) is 4. The molecular formula is C14H17N3O3. The SMILES string of the molecule is CCCCOc1ccccc1/C=C(\N=[N+]=[N-])C(=O)OC. The summed E-state index contributed by atoms with van der Waals surface area (Å²) in [5.74, 6) is -0.0540. The number of carbonyl (C=O) groups is 1. The molecule has 106 valence electrons. The number of nitrogens with zero attached hydrogens (tertiary/aromatic N) is 3. The third-order valence-corrected chi connectivity index (χ3v) is 2.51. The largest absolute Gasteiger partial charge is 0.493 e. The highest BCUT2D eigenvalue weighted by Gasteiger charge is 2.09. The van der Waals surface area contributed by atoms with Gasteiger partial charge in [-0.1, -0.05) is 36.7 Å². The number of hydrogen-bond donors (Lipinski definition) is 0. The molecule has 0 amide bonds. The molecule has 0 fully saturated rings. The summed E-state index contributed by atoms with van der Waals surface area (Å²) in [5.41, 5.74) is 9.03. The van der Waals surface area contributed by atoms with Gasteiger partial charge in [-0.15, -0.1) is 0 Å². The first-order valence-corrected chi connectivity index (χ1v) is 6.29. The van der Waals surface area contributed by atoms with E-state index in [4.69, 9.17) is 10.3 Å². The lowest BCUT2D eigenvalue weighted by Gasteiger charge is -2.09. The molecule has 1 aromatic rings. The summed E-state index contributed by atoms with van der Waals surface area (Å²) in [6, 6.07) is 7.22. The van der Waals surface area contributed by atoms with Crippen LogP contribution in [0.15, 0.2) is 35.1 Å². The zero-order valence-corrected chi connectivity index (χ0v) is 11.6. The molecule has 6 heteroatoms. The first-order chi connectivity index (χ1) is 9.72. The highest BCUT2D eigenvalue weighted by Crippen LogP contribution is 2.22. The number of benzene rings is 1. The highest BCUT2D eigenvalue weighted by molar-refractivity contribution is 5.93. The summed E-state index contributed by atoms with van der Waals surface area (Å²) in [5, 5.41) is 3.34. The Hall–Kier alpha value is -2.46. The van der Waals surface area contributed by atoms with Gasteiger partial charge < -0.3 is 9.47 Å². The van der Waals surface area contributed by atoms with Crippen LogP contribution in [0.25, 0.3) is 16.5 Å². The topological polar surface area (TPSA) is 84.3 Å². The monoisotopic (exact) mass is 275 g/mol. The minimum absolute atomic E-state index is 0.110. The van der Waals surface area contributed by atoms with E-state index in [2.05, 4.69) is 21.7 Å². The summed E-state index contributed by atoms with van der Waals surface area (Å²) in [7, 11) is 1.23. The molecule has 0 spiro atoms. The molecule has 0 saturated carbocycles. The summed E-state index contributed by atoms with van der Waals surface area (Å²) < 4.78 is 10.2. The Bertz CT molecular complexity index is 534. The Labute approximate surface area is 117 Å². The van der Waals surface area contributed by atoms with E-state index < -0.39 is 5.97 Å². The van der Waals surface area contributed by atoms with E-state index in [0.29, 0.717) is 17.9 Å². The lowest BCUT2D eigenvalue weighted by molar-refractivity contribution is -0.136. The Kier molecular flexibility index (Phi) is 6.71. The molecule has 0 unspecified atom stereocenters. The van der Waals surface area contributed by atoms with Gasteiger partial charge in [0, 0.05) is 10.5 Å². The molecule has 0 aliphatic heterocycles. The number of azide groups is 1. The fourth-order valence-corrected chi connectivity index (χ4v) is 1.49. The van der Waals surface area contributed by atoms with Gasteiger partial charge in [0.05, 0.1) is 13.7 Å². The van der Waals surface area contributed by atoms with Crippen LogP contribution in [0.4, 0.5) is 0 Å². The Morgan fingerprint density at radius 3 is 2.85 bits per heavy atom. The quantitative estimate of drug-likeness (QED) is 0.190. The van der Waals surface area contributed by atoms with Crippen LogP contribution in [0.5, 0.6) is 5.75 Å². The number of rotatable bonds is 7. The van der Waals surface area contributed by atoms with E-state index in [1.54, 1.807) is 12.1 Å². The number of methoxy groups -OCH3 is 1. The fraction of sp³-hybridized carbons (Fsp3) is 0.357. The second-order valence-corrected chi connectivity index (χ2v) is 3.95. The molecule has 0 atom stereocenters. The summed E-state index contributed by atoms with van der Waals surface area (Å²) in [4.78, 5) is 14.1. The maximum atomic E-state index is 11.5. The predicted molar refractivity (Wildman–Crippen MR) is 76.0 cm³/mol. The van der Waals surface area contributed by atoms with E-state index in [-0.39, 0.29) is 5.70 Å². The number of unbranched alkanes of at least 4 members (excludes halogenated alkanes) is 1. The molecule has 0 heterocycles. The van der Waals surface area contributed by atoms with Crippen molar-refractivity contribution in [1.82, 2.24) is 0 Å². The Balaban J connectivity index is 3.04. The third kappa shape index (κ3) is 4.66. The van der Waals surface area contributed by atoms with Crippen molar-refractivity contribution < 1.29 is 14.3 Å². The Morgan fingerprint density at radius 1 is 1.45 bits per heavy atom. The van der Waals surface area contributed by atoms with Gasteiger partial charge in [0.25, 0.3) is 0 Å². The van der Waals surface area contributed by atoms with Crippen LogP contribution in [-0.4, -0.2) is 19.7 Å². The highest BCUT2D eigenvalue weighted by atomic mass is 16.5. The van der Waals surface area contributed by atoms with E-state index in [1.165, 1.54) is 13.2 Å². The fourth-order valence-electron chi connectivity index (χ4n) is 1.49. The van der Waals surface area contributed by atoms with Crippen molar-refractivity contribution in [1.29, 1.82) is 0 Å². The summed E-state index contributed by atoms with van der Waals surface area (Å²) in [6.07, 6.45) is 3.43. The van der Waals surface area contributed by atoms with Crippen molar-refractivity contribution >= 4 is 12.0 Å². The zero-order chi connectivity index (χ0) is 14.8. The van der Waals surface area contributed by atoms with E-state index >= 15 is 0 Å². The van der Waals surface area contributed by atoms with E-state index in [9.17, 15) is 4.79 Å². The molecule has 0 aliphatic rings. The minimum Gasteiger partial charge on any atom is -0.493 e. The molecule has 0 aromatic heterocycles. The van der Waals surface area contributed by atoms with Crippen LogP contribution in [0, 0.1) is 0 Å². The van der Waals surface area contributed by atoms with Gasteiger partial charge >= 0.3 is 5.97 Å². The van der Waals surface area contributed by atoms with E-state index in [1.807, 2.05) is 12.1 Å². The van der Waals surface area contributed by atoms with Crippen molar-refractivity contribution in [2.24, 2.45) is 5.11 Å². The maximum Gasteiger partial charge on any atom is 0.340 e. The van der Waals surface area contributed by atoms with Gasteiger partial charge in [-0.3, -0.25) is 0 Å². The average Bonchev–Trinajstić information content (AvgIpc) is 2.48. The van der Waals surface area contributed by atoms with Gasteiger partial charge in [-0.25, -0.2) is 4.79 Å². The van der Waals surface area contributed by atoms with Crippen molar-refractivity contribution in [2.45, 2.75) is 19.8 Å². The van der Waals surface area contributed by atoms with Crippen molar-refractivity contribution in [2.75, 3.05) is 13.7 Å². The van der Waals surface area contributed by atoms with Gasteiger partial charge in [0.15, 0.2) is 0 Å². The molecule has 1 aromatic carbocycles. The summed E-state index contributed by atoms with van der Waals surface area (Å²) in [6.45, 7) is 2.67. The standard InChI is InChI=1S/C14H17N3O3/c1-3-4-9-20-13-8-6-5-7-11(13)10-12(16-17-15)14(18)19-2/h5-8,10H,3-4,9H2,1-2H3/b12-10-. The maximum absolute atomic E-state index is 11.5. The molecule has 20 heavy (non-hydrogen) atoms. The number of para-hydroxylation sites is 1. The summed E-state index contributed by atoms with van der Waals surface area (Å²) >= 11 is 0. The molecule has 1 rings (SSSR count). The van der Waals surface area contributed by atoms with Crippen LogP contribution in [0.2, 0.25) is 0 Å². The second-order valence-electron chi connectivity index (χ2n) is 3.95. The third-order valence-electron chi connectivity index (χ3n) is 2.51. The molecule has 0 aliphatic carbocycles. The average molecular weight is 275 g/mol. The smallest absolute Gasteiger partial charge is 0.340 e. The van der Waals surface area contributed by atoms with Gasteiger partial charge in [-0.2, -0.15) is 0 Å². The van der Waals surface area contributed by atoms with Gasteiger partial charge in [0.1, 0.15) is 11.4 Å². The van der Waals surface area contributed by atoms with Crippen molar-refractivity contribution in [3.8, 4) is 5.75 Å². The predicted octanol–water partition coefficient (Wildman–Crippen LogP) is 3.69. The first kappa shape index (κ1) is 15.6. The lowest BCUT2D eigenvalue weighted by Crippen LogP contribution is -2.03. The molecular weight excluding hydrogens is 258 g/mol. The molecule has 6 nitrogen and oxygen atoms in total. The minimum atomic E-state index is -0.689. The normalized spacial score (nSPS) is 10.6. The molecule has 0 bridgehead atoms. The molecule has 0 saturated heterocycles. The van der Waals surface area contributed by atoms with Crippen LogP contribution in [0.1, 0.15) is 25.3 Å². The second kappa shape index (κ2) is 8.61. The van der Waals surface area contributed by atoms with Crippen LogP contribution in [-0.2, 0) is 9.53 Å². The number of carbonyl (C=O) groups excluding carboxylic acids is 1. The van der Waals surface area contributed by atoms with Gasteiger partial charge in [0.2, 0.25) is 0 Å². The van der Waals surface area contributed by atoms with E-state index in [0.717, 1.165) is 12.8 Å². The van der Waals surface area contributed by atoms with Gasteiger partial charge in [-0.05, 0) is 24.1 Å². The molecule has 0 radical (unpaired) electrons. The van der Waals surface area contributed by atoms with Crippen LogP contribution in [0.3, 0.4) is 0 Å². The lowest BCUT2D eigenvalue weighted by atomic mass is 10.1. The first-order valence-electron chi connectivity index (χ1n) is 6.29.